The first-order valence-electron chi connectivity index (χ1n) is 3.31. The molecule has 0 heterocycles. The Morgan fingerprint density at radius 2 is 2.50 bits per heavy atom. The van der Waals surface area contributed by atoms with Gasteiger partial charge in [-0.1, -0.05) is 13.5 Å². The van der Waals surface area contributed by atoms with Crippen molar-refractivity contribution in [3.63, 3.8) is 0 Å². The summed E-state index contributed by atoms with van der Waals surface area (Å²) in [6.45, 7) is 6.44. The van der Waals surface area contributed by atoms with Crippen molar-refractivity contribution in [2.24, 2.45) is 0 Å². The first-order chi connectivity index (χ1) is 4.81. The van der Waals surface area contributed by atoms with E-state index in [0.29, 0.717) is 0 Å². The first kappa shape index (κ1) is 9.17. The standard InChI is InChI=1S/C7H13NO2/c1-3-5-8-6-10-7(9)4-2/h4,8H,2-3,5-6H2,1H3. The molecule has 0 unspecified atom stereocenters. The largest absolute Gasteiger partial charge is 0.447 e. The lowest BCUT2D eigenvalue weighted by Crippen LogP contribution is -2.20. The van der Waals surface area contributed by atoms with E-state index in [2.05, 4.69) is 16.6 Å². The van der Waals surface area contributed by atoms with Crippen molar-refractivity contribution in [3.8, 4) is 0 Å². The van der Waals surface area contributed by atoms with Crippen LogP contribution in [0.2, 0.25) is 0 Å². The van der Waals surface area contributed by atoms with Gasteiger partial charge in [0.05, 0.1) is 0 Å². The van der Waals surface area contributed by atoms with Crippen molar-refractivity contribution in [1.29, 1.82) is 0 Å². The lowest BCUT2D eigenvalue weighted by atomic mass is 10.5. The Morgan fingerprint density at radius 1 is 1.80 bits per heavy atom. The number of rotatable bonds is 5. The van der Waals surface area contributed by atoms with Gasteiger partial charge in [0.2, 0.25) is 0 Å². The van der Waals surface area contributed by atoms with Crippen LogP contribution in [-0.2, 0) is 9.53 Å². The molecule has 10 heavy (non-hydrogen) atoms. The number of hydrogen-bond acceptors (Lipinski definition) is 3. The first-order valence-corrected chi connectivity index (χ1v) is 3.31. The summed E-state index contributed by atoms with van der Waals surface area (Å²) in [7, 11) is 0. The van der Waals surface area contributed by atoms with Crippen molar-refractivity contribution in [2.75, 3.05) is 13.3 Å². The highest BCUT2D eigenvalue weighted by Crippen LogP contribution is 1.76. The highest BCUT2D eigenvalue weighted by molar-refractivity contribution is 5.81. The molecule has 0 saturated carbocycles. The van der Waals surface area contributed by atoms with Gasteiger partial charge in [-0.05, 0) is 13.0 Å². The van der Waals surface area contributed by atoms with E-state index in [1.54, 1.807) is 0 Å². The molecule has 0 fully saturated rings. The molecule has 0 atom stereocenters. The molecule has 0 radical (unpaired) electrons. The molecule has 0 aliphatic rings. The lowest BCUT2D eigenvalue weighted by Gasteiger charge is -2.01. The molecule has 3 heteroatoms. The quantitative estimate of drug-likeness (QED) is 0.266. The normalized spacial score (nSPS) is 8.90. The molecule has 0 aromatic heterocycles. The highest BCUT2D eigenvalue weighted by Gasteiger charge is 1.91. The summed E-state index contributed by atoms with van der Waals surface area (Å²) in [6.07, 6.45) is 2.18. The predicted octanol–water partition coefficient (Wildman–Crippen LogP) is 0.673. The van der Waals surface area contributed by atoms with Crippen molar-refractivity contribution >= 4 is 5.97 Å². The van der Waals surface area contributed by atoms with Gasteiger partial charge in [0, 0.05) is 6.08 Å². The maximum atomic E-state index is 10.4. The molecule has 0 aromatic rings. The molecule has 0 bridgehead atoms. The SMILES string of the molecule is C=CC(=O)OCNCCC. The minimum Gasteiger partial charge on any atom is -0.447 e. The third-order valence-corrected chi connectivity index (χ3v) is 0.910. The minimum atomic E-state index is -0.386. The van der Waals surface area contributed by atoms with E-state index in [0.717, 1.165) is 19.0 Å². The van der Waals surface area contributed by atoms with Crippen LogP contribution in [0.3, 0.4) is 0 Å². The third kappa shape index (κ3) is 5.31. The molecule has 0 aliphatic heterocycles. The van der Waals surface area contributed by atoms with E-state index in [-0.39, 0.29) is 12.7 Å². The Kier molecular flexibility index (Phi) is 5.77. The van der Waals surface area contributed by atoms with Gasteiger partial charge in [0.15, 0.2) is 0 Å². The summed E-state index contributed by atoms with van der Waals surface area (Å²) in [5, 5.41) is 2.91. The second-order valence-electron chi connectivity index (χ2n) is 1.81. The van der Waals surface area contributed by atoms with Crippen molar-refractivity contribution in [1.82, 2.24) is 5.32 Å². The Bertz CT molecular complexity index is 112. The van der Waals surface area contributed by atoms with Crippen molar-refractivity contribution in [3.05, 3.63) is 12.7 Å². The predicted molar refractivity (Wildman–Crippen MR) is 39.4 cm³/mol. The smallest absolute Gasteiger partial charge is 0.331 e. The Balaban J connectivity index is 3.03. The van der Waals surface area contributed by atoms with Crippen LogP contribution in [0.5, 0.6) is 0 Å². The summed E-state index contributed by atoms with van der Waals surface area (Å²) in [5.41, 5.74) is 0. The molecule has 1 N–H and O–H groups in total. The molecule has 0 amide bonds. The molecule has 3 nitrogen and oxygen atoms in total. The van der Waals surface area contributed by atoms with Gasteiger partial charge in [0.1, 0.15) is 6.73 Å². The van der Waals surface area contributed by atoms with Crippen LogP contribution >= 0.6 is 0 Å². The Morgan fingerprint density at radius 3 is 3.00 bits per heavy atom. The van der Waals surface area contributed by atoms with Crippen molar-refractivity contribution in [2.45, 2.75) is 13.3 Å². The van der Waals surface area contributed by atoms with E-state index in [1.165, 1.54) is 0 Å². The maximum Gasteiger partial charge on any atom is 0.331 e. The Labute approximate surface area is 61.1 Å². The third-order valence-electron chi connectivity index (χ3n) is 0.910. The summed E-state index contributed by atoms with van der Waals surface area (Å²) in [5.74, 6) is -0.386. The molecule has 0 aromatic carbocycles. The molecular formula is C7H13NO2. The molecule has 0 saturated heterocycles. The molecule has 0 spiro atoms. The average molecular weight is 143 g/mol. The van der Waals surface area contributed by atoms with E-state index in [1.807, 2.05) is 6.92 Å². The van der Waals surface area contributed by atoms with Gasteiger partial charge >= 0.3 is 5.97 Å². The fourth-order valence-electron chi connectivity index (χ4n) is 0.430. The van der Waals surface area contributed by atoms with Gasteiger partial charge in [-0.15, -0.1) is 0 Å². The van der Waals surface area contributed by atoms with E-state index in [9.17, 15) is 4.79 Å². The second kappa shape index (κ2) is 6.29. The average Bonchev–Trinajstić information content (AvgIpc) is 1.98. The number of carbonyl (C=O) groups is 1. The van der Waals surface area contributed by atoms with Gasteiger partial charge < -0.3 is 4.74 Å². The number of nitrogens with one attached hydrogen (secondary N) is 1. The minimum absolute atomic E-state index is 0.276. The molecule has 0 aliphatic carbocycles. The van der Waals surface area contributed by atoms with Gasteiger partial charge in [-0.3, -0.25) is 5.32 Å². The monoisotopic (exact) mass is 143 g/mol. The lowest BCUT2D eigenvalue weighted by molar-refractivity contribution is -0.138. The van der Waals surface area contributed by atoms with Crippen LogP contribution in [0.25, 0.3) is 0 Å². The van der Waals surface area contributed by atoms with Crippen LogP contribution in [0.4, 0.5) is 0 Å². The van der Waals surface area contributed by atoms with Crippen LogP contribution in [0.1, 0.15) is 13.3 Å². The van der Waals surface area contributed by atoms with Crippen LogP contribution in [0, 0.1) is 0 Å². The van der Waals surface area contributed by atoms with Gasteiger partial charge in [-0.2, -0.15) is 0 Å². The summed E-state index contributed by atoms with van der Waals surface area (Å²) in [6, 6.07) is 0. The highest BCUT2D eigenvalue weighted by atomic mass is 16.5. The number of hydrogen-bond donors (Lipinski definition) is 1. The fraction of sp³-hybridized carbons (Fsp3) is 0.571. The maximum absolute atomic E-state index is 10.4. The Hall–Kier alpha value is -0.830. The zero-order chi connectivity index (χ0) is 7.82. The van der Waals surface area contributed by atoms with E-state index >= 15 is 0 Å². The zero-order valence-corrected chi connectivity index (χ0v) is 6.22. The number of ether oxygens (including phenoxy) is 1. The molecular weight excluding hydrogens is 130 g/mol. The van der Waals surface area contributed by atoms with E-state index in [4.69, 9.17) is 0 Å². The van der Waals surface area contributed by atoms with Crippen molar-refractivity contribution < 1.29 is 9.53 Å². The zero-order valence-electron chi connectivity index (χ0n) is 6.22. The fourth-order valence-corrected chi connectivity index (χ4v) is 0.430. The molecule has 0 rings (SSSR count). The number of carbonyl (C=O) groups excluding carboxylic acids is 1. The van der Waals surface area contributed by atoms with Crippen LogP contribution in [0.15, 0.2) is 12.7 Å². The summed E-state index contributed by atoms with van der Waals surface area (Å²) < 4.78 is 4.63. The molecule has 58 valence electrons. The van der Waals surface area contributed by atoms with Crippen LogP contribution in [-0.4, -0.2) is 19.2 Å². The summed E-state index contributed by atoms with van der Waals surface area (Å²) >= 11 is 0. The van der Waals surface area contributed by atoms with Crippen LogP contribution < -0.4 is 5.32 Å². The summed E-state index contributed by atoms with van der Waals surface area (Å²) in [4.78, 5) is 10.4. The van der Waals surface area contributed by atoms with Gasteiger partial charge in [-0.25, -0.2) is 4.79 Å². The second-order valence-corrected chi connectivity index (χ2v) is 1.81. The van der Waals surface area contributed by atoms with Gasteiger partial charge in [0.25, 0.3) is 0 Å². The topological polar surface area (TPSA) is 38.3 Å². The number of esters is 1. The van der Waals surface area contributed by atoms with E-state index < -0.39 is 0 Å².